The van der Waals surface area contributed by atoms with Crippen LogP contribution in [0.15, 0.2) is 30.3 Å². The third-order valence-electron chi connectivity index (χ3n) is 4.14. The molecule has 1 saturated carbocycles. The molecule has 4 nitrogen and oxygen atoms in total. The van der Waals surface area contributed by atoms with Gasteiger partial charge in [-0.3, -0.25) is 4.79 Å². The zero-order valence-corrected chi connectivity index (χ0v) is 12.7. The molecular weight excluding hydrogens is 262 g/mol. The van der Waals surface area contributed by atoms with Crippen molar-refractivity contribution in [2.45, 2.75) is 33.2 Å². The van der Waals surface area contributed by atoms with Crippen LogP contribution >= 0.6 is 0 Å². The molecule has 0 bridgehead atoms. The summed E-state index contributed by atoms with van der Waals surface area (Å²) in [5.41, 5.74) is 0.698. The summed E-state index contributed by atoms with van der Waals surface area (Å²) in [4.78, 5) is 16.9. The quantitative estimate of drug-likeness (QED) is 0.906. The molecule has 0 spiro atoms. The molecule has 1 aliphatic carbocycles. The maximum absolute atomic E-state index is 12.4. The largest absolute Gasteiger partial charge is 0.370 e. The summed E-state index contributed by atoms with van der Waals surface area (Å²) in [5, 5.41) is 8.38. The molecule has 1 unspecified atom stereocenters. The summed E-state index contributed by atoms with van der Waals surface area (Å²) < 4.78 is 0. The Hall–Kier alpha value is -2.10. The van der Waals surface area contributed by atoms with Crippen molar-refractivity contribution in [1.29, 1.82) is 0 Å². The van der Waals surface area contributed by atoms with Crippen molar-refractivity contribution < 1.29 is 4.79 Å². The van der Waals surface area contributed by atoms with E-state index in [9.17, 15) is 4.79 Å². The van der Waals surface area contributed by atoms with Crippen molar-refractivity contribution in [2.24, 2.45) is 5.41 Å². The van der Waals surface area contributed by atoms with Crippen LogP contribution < -0.4 is 10.6 Å². The number of pyridine rings is 1. The SMILES string of the molecule is CCNc1nc(C(=O)NC2CC2(C)C)cc2ccccc12. The number of hydrogen-bond acceptors (Lipinski definition) is 3. The highest BCUT2D eigenvalue weighted by Gasteiger charge is 2.46. The average molecular weight is 283 g/mol. The van der Waals surface area contributed by atoms with Gasteiger partial charge in [-0.05, 0) is 30.2 Å². The lowest BCUT2D eigenvalue weighted by molar-refractivity contribution is 0.0941. The van der Waals surface area contributed by atoms with E-state index < -0.39 is 0 Å². The highest BCUT2D eigenvalue weighted by Crippen LogP contribution is 2.44. The van der Waals surface area contributed by atoms with Crippen molar-refractivity contribution in [1.82, 2.24) is 10.3 Å². The molecule has 0 radical (unpaired) electrons. The lowest BCUT2D eigenvalue weighted by atomic mass is 10.1. The van der Waals surface area contributed by atoms with E-state index in [1.165, 1.54) is 0 Å². The van der Waals surface area contributed by atoms with Crippen LogP contribution in [0.5, 0.6) is 0 Å². The van der Waals surface area contributed by atoms with Crippen LogP contribution in [0.2, 0.25) is 0 Å². The molecule has 1 amide bonds. The Labute approximate surface area is 125 Å². The molecule has 1 aromatic heterocycles. The number of hydrogen-bond donors (Lipinski definition) is 2. The number of benzene rings is 1. The first-order valence-electron chi connectivity index (χ1n) is 7.46. The number of rotatable bonds is 4. The fourth-order valence-electron chi connectivity index (χ4n) is 2.56. The standard InChI is InChI=1S/C17H21N3O/c1-4-18-15-12-8-6-5-7-11(12)9-13(19-15)16(21)20-14-10-17(14,2)3/h5-9,14H,4,10H2,1-3H3,(H,18,19)(H,20,21). The number of anilines is 1. The predicted octanol–water partition coefficient (Wildman–Crippen LogP) is 3.19. The normalized spacial score (nSPS) is 19.3. The second-order valence-corrected chi connectivity index (χ2v) is 6.33. The molecule has 110 valence electrons. The van der Waals surface area contributed by atoms with Crippen molar-refractivity contribution in [3.63, 3.8) is 0 Å². The number of nitrogens with zero attached hydrogens (tertiary/aromatic N) is 1. The maximum Gasteiger partial charge on any atom is 0.270 e. The fourth-order valence-corrected chi connectivity index (χ4v) is 2.56. The van der Waals surface area contributed by atoms with E-state index in [4.69, 9.17) is 0 Å². The molecular formula is C17H21N3O. The Morgan fingerprint density at radius 3 is 2.76 bits per heavy atom. The second-order valence-electron chi connectivity index (χ2n) is 6.33. The second kappa shape index (κ2) is 5.02. The lowest BCUT2D eigenvalue weighted by Crippen LogP contribution is -2.29. The molecule has 1 aliphatic rings. The molecule has 1 atom stereocenters. The molecule has 21 heavy (non-hydrogen) atoms. The van der Waals surface area contributed by atoms with Crippen LogP contribution in [0.3, 0.4) is 0 Å². The molecule has 4 heteroatoms. The first-order chi connectivity index (χ1) is 10.0. The van der Waals surface area contributed by atoms with E-state index in [2.05, 4.69) is 29.5 Å². The van der Waals surface area contributed by atoms with Crippen molar-refractivity contribution in [3.05, 3.63) is 36.0 Å². The Kier molecular flexibility index (Phi) is 3.32. The molecule has 2 N–H and O–H groups in total. The van der Waals surface area contributed by atoms with Crippen molar-refractivity contribution in [3.8, 4) is 0 Å². The summed E-state index contributed by atoms with van der Waals surface area (Å²) in [6, 6.07) is 10.1. The van der Waals surface area contributed by atoms with Gasteiger partial charge in [-0.2, -0.15) is 0 Å². The molecule has 0 aliphatic heterocycles. The van der Waals surface area contributed by atoms with E-state index in [1.54, 1.807) is 0 Å². The maximum atomic E-state index is 12.4. The predicted molar refractivity (Wildman–Crippen MR) is 85.6 cm³/mol. The summed E-state index contributed by atoms with van der Waals surface area (Å²) in [6.45, 7) is 7.12. The van der Waals surface area contributed by atoms with E-state index >= 15 is 0 Å². The number of carbonyl (C=O) groups excluding carboxylic acids is 1. The first kappa shape index (κ1) is 13.9. The third-order valence-corrected chi connectivity index (χ3v) is 4.14. The summed E-state index contributed by atoms with van der Waals surface area (Å²) in [7, 11) is 0. The van der Waals surface area contributed by atoms with Crippen LogP contribution in [0.25, 0.3) is 10.8 Å². The van der Waals surface area contributed by atoms with Crippen LogP contribution in [0, 0.1) is 5.41 Å². The van der Waals surface area contributed by atoms with Crippen LogP contribution in [-0.2, 0) is 0 Å². The monoisotopic (exact) mass is 283 g/mol. The highest BCUT2D eigenvalue weighted by molar-refractivity contribution is 6.00. The molecule has 3 rings (SSSR count). The molecule has 1 fully saturated rings. The first-order valence-corrected chi connectivity index (χ1v) is 7.46. The fraction of sp³-hybridized carbons (Fsp3) is 0.412. The number of nitrogens with one attached hydrogen (secondary N) is 2. The Balaban J connectivity index is 1.93. The number of carbonyl (C=O) groups is 1. The summed E-state index contributed by atoms with van der Waals surface area (Å²) >= 11 is 0. The van der Waals surface area contributed by atoms with Gasteiger partial charge in [0.05, 0.1) is 0 Å². The minimum absolute atomic E-state index is 0.0875. The zero-order chi connectivity index (χ0) is 15.0. The third kappa shape index (κ3) is 2.71. The Morgan fingerprint density at radius 2 is 2.10 bits per heavy atom. The number of fused-ring (bicyclic) bond motifs is 1. The zero-order valence-electron chi connectivity index (χ0n) is 12.7. The number of aromatic nitrogens is 1. The number of amides is 1. The summed E-state index contributed by atoms with van der Waals surface area (Å²) in [5.74, 6) is 0.686. The summed E-state index contributed by atoms with van der Waals surface area (Å²) in [6.07, 6.45) is 1.03. The van der Waals surface area contributed by atoms with E-state index in [1.807, 2.05) is 37.3 Å². The van der Waals surface area contributed by atoms with Gasteiger partial charge in [0, 0.05) is 18.0 Å². The minimum Gasteiger partial charge on any atom is -0.370 e. The van der Waals surface area contributed by atoms with Gasteiger partial charge in [0.2, 0.25) is 0 Å². The van der Waals surface area contributed by atoms with Gasteiger partial charge >= 0.3 is 0 Å². The van der Waals surface area contributed by atoms with Gasteiger partial charge in [-0.1, -0.05) is 38.1 Å². The van der Waals surface area contributed by atoms with Gasteiger partial charge in [0.1, 0.15) is 11.5 Å². The van der Waals surface area contributed by atoms with Crippen molar-refractivity contribution in [2.75, 3.05) is 11.9 Å². The smallest absolute Gasteiger partial charge is 0.270 e. The molecule has 1 heterocycles. The Morgan fingerprint density at radius 1 is 1.38 bits per heavy atom. The van der Waals surface area contributed by atoms with Gasteiger partial charge in [-0.15, -0.1) is 0 Å². The van der Waals surface area contributed by atoms with Crippen LogP contribution in [0.4, 0.5) is 5.82 Å². The Bertz CT molecular complexity index is 693. The average Bonchev–Trinajstić information content (AvgIpc) is 3.05. The van der Waals surface area contributed by atoms with Crippen LogP contribution in [-0.4, -0.2) is 23.5 Å². The minimum atomic E-state index is -0.0875. The lowest BCUT2D eigenvalue weighted by Gasteiger charge is -2.11. The molecule has 1 aromatic carbocycles. The highest BCUT2D eigenvalue weighted by atomic mass is 16.2. The van der Waals surface area contributed by atoms with Crippen molar-refractivity contribution >= 4 is 22.5 Å². The van der Waals surface area contributed by atoms with Gasteiger partial charge < -0.3 is 10.6 Å². The van der Waals surface area contributed by atoms with E-state index in [0.29, 0.717) is 5.69 Å². The molecule has 2 aromatic rings. The van der Waals surface area contributed by atoms with Gasteiger partial charge in [-0.25, -0.2) is 4.98 Å². The van der Waals surface area contributed by atoms with Gasteiger partial charge in [0.15, 0.2) is 0 Å². The van der Waals surface area contributed by atoms with E-state index in [0.717, 1.165) is 29.6 Å². The topological polar surface area (TPSA) is 54.0 Å². The van der Waals surface area contributed by atoms with Crippen LogP contribution in [0.1, 0.15) is 37.7 Å². The van der Waals surface area contributed by atoms with E-state index in [-0.39, 0.29) is 17.4 Å². The van der Waals surface area contributed by atoms with Gasteiger partial charge in [0.25, 0.3) is 5.91 Å². The molecule has 0 saturated heterocycles.